The van der Waals surface area contributed by atoms with Crippen molar-refractivity contribution in [2.24, 2.45) is 0 Å². The quantitative estimate of drug-likeness (QED) is 0.806. The number of allylic oxidation sites excluding steroid dienone is 1. The smallest absolute Gasteiger partial charge is 0.244 e. The number of nitrogens with one attached hydrogen (secondary N) is 1. The molecule has 1 N–H and O–H groups in total. The molecule has 1 aromatic rings. The SMILES string of the molecule is CC(C)=CC(=O)NCc1ccnc(N(C)C)c1. The highest BCUT2D eigenvalue weighted by Gasteiger charge is 2.00. The molecule has 0 fully saturated rings. The minimum absolute atomic E-state index is 0.0618. The van der Waals surface area contributed by atoms with Crippen LogP contribution in [0.3, 0.4) is 0 Å². The predicted molar refractivity (Wildman–Crippen MR) is 69.8 cm³/mol. The summed E-state index contributed by atoms with van der Waals surface area (Å²) in [4.78, 5) is 17.6. The molecule has 0 bridgehead atoms. The topological polar surface area (TPSA) is 45.2 Å². The van der Waals surface area contributed by atoms with E-state index in [9.17, 15) is 4.79 Å². The number of carbonyl (C=O) groups is 1. The van der Waals surface area contributed by atoms with Crippen LogP contribution in [0.4, 0.5) is 5.82 Å². The average Bonchev–Trinajstić information content (AvgIpc) is 2.26. The van der Waals surface area contributed by atoms with Gasteiger partial charge >= 0.3 is 0 Å². The molecule has 0 aliphatic heterocycles. The van der Waals surface area contributed by atoms with Crippen LogP contribution in [0.2, 0.25) is 0 Å². The lowest BCUT2D eigenvalue weighted by molar-refractivity contribution is -0.116. The second-order valence-corrected chi connectivity index (χ2v) is 4.36. The molecule has 0 radical (unpaired) electrons. The first kappa shape index (κ1) is 13.2. The van der Waals surface area contributed by atoms with Crippen LogP contribution < -0.4 is 10.2 Å². The predicted octanol–water partition coefficient (Wildman–Crippen LogP) is 1.73. The van der Waals surface area contributed by atoms with Crippen molar-refractivity contribution in [1.29, 1.82) is 0 Å². The van der Waals surface area contributed by atoms with Crippen LogP contribution in [0, 0.1) is 0 Å². The Hall–Kier alpha value is -1.84. The number of anilines is 1. The van der Waals surface area contributed by atoms with Crippen molar-refractivity contribution in [3.63, 3.8) is 0 Å². The lowest BCUT2D eigenvalue weighted by Crippen LogP contribution is -2.21. The number of hydrogen-bond donors (Lipinski definition) is 1. The molecule has 0 saturated carbocycles. The monoisotopic (exact) mass is 233 g/mol. The van der Waals surface area contributed by atoms with Gasteiger partial charge in [-0.25, -0.2) is 4.98 Å². The molecule has 17 heavy (non-hydrogen) atoms. The lowest BCUT2D eigenvalue weighted by Gasteiger charge is -2.12. The Labute approximate surface area is 102 Å². The maximum absolute atomic E-state index is 11.4. The van der Waals surface area contributed by atoms with Gasteiger partial charge in [0.1, 0.15) is 5.82 Å². The number of hydrogen-bond acceptors (Lipinski definition) is 3. The Bertz CT molecular complexity index is 420. The fourth-order valence-electron chi connectivity index (χ4n) is 1.32. The zero-order valence-corrected chi connectivity index (χ0v) is 10.8. The molecule has 0 atom stereocenters. The van der Waals surface area contributed by atoms with Crippen molar-refractivity contribution in [1.82, 2.24) is 10.3 Å². The highest BCUT2D eigenvalue weighted by Crippen LogP contribution is 2.09. The molecule has 0 unspecified atom stereocenters. The highest BCUT2D eigenvalue weighted by atomic mass is 16.1. The third-order valence-electron chi connectivity index (χ3n) is 2.15. The summed E-state index contributed by atoms with van der Waals surface area (Å²) in [5, 5.41) is 2.83. The van der Waals surface area contributed by atoms with Gasteiger partial charge in [0.15, 0.2) is 0 Å². The average molecular weight is 233 g/mol. The summed E-state index contributed by atoms with van der Waals surface area (Å²) in [5.41, 5.74) is 2.03. The third kappa shape index (κ3) is 4.68. The standard InChI is InChI=1S/C13H19N3O/c1-10(2)7-13(17)15-9-11-5-6-14-12(8-11)16(3)4/h5-8H,9H2,1-4H3,(H,15,17). The van der Waals surface area contributed by atoms with E-state index in [1.54, 1.807) is 12.3 Å². The lowest BCUT2D eigenvalue weighted by atomic mass is 10.2. The minimum Gasteiger partial charge on any atom is -0.363 e. The largest absolute Gasteiger partial charge is 0.363 e. The van der Waals surface area contributed by atoms with Crippen molar-refractivity contribution < 1.29 is 4.79 Å². The molecular formula is C13H19N3O. The molecule has 92 valence electrons. The van der Waals surface area contributed by atoms with Crippen molar-refractivity contribution in [2.45, 2.75) is 20.4 Å². The van der Waals surface area contributed by atoms with E-state index >= 15 is 0 Å². The summed E-state index contributed by atoms with van der Waals surface area (Å²) in [6.07, 6.45) is 3.34. The molecular weight excluding hydrogens is 214 g/mol. The molecule has 0 saturated heterocycles. The minimum atomic E-state index is -0.0618. The number of amides is 1. The molecule has 0 spiro atoms. The van der Waals surface area contributed by atoms with Crippen LogP contribution in [0.15, 0.2) is 30.0 Å². The Morgan fingerprint density at radius 1 is 1.47 bits per heavy atom. The first-order valence-corrected chi connectivity index (χ1v) is 5.54. The van der Waals surface area contributed by atoms with Gasteiger partial charge in [-0.1, -0.05) is 5.57 Å². The van der Waals surface area contributed by atoms with Gasteiger partial charge in [-0.2, -0.15) is 0 Å². The zero-order valence-electron chi connectivity index (χ0n) is 10.8. The van der Waals surface area contributed by atoms with Crippen LogP contribution in [-0.2, 0) is 11.3 Å². The molecule has 1 rings (SSSR count). The number of aromatic nitrogens is 1. The summed E-state index contributed by atoms with van der Waals surface area (Å²) in [6, 6.07) is 3.86. The molecule has 0 aromatic carbocycles. The van der Waals surface area contributed by atoms with Gasteiger partial charge in [-0.3, -0.25) is 4.79 Å². The van der Waals surface area contributed by atoms with E-state index in [1.807, 2.05) is 45.0 Å². The Balaban J connectivity index is 2.61. The van der Waals surface area contributed by atoms with Crippen LogP contribution in [-0.4, -0.2) is 25.0 Å². The fraction of sp³-hybridized carbons (Fsp3) is 0.385. The summed E-state index contributed by atoms with van der Waals surface area (Å²) >= 11 is 0. The summed E-state index contributed by atoms with van der Waals surface area (Å²) in [7, 11) is 3.88. The number of carbonyl (C=O) groups excluding carboxylic acids is 1. The van der Waals surface area contributed by atoms with E-state index in [-0.39, 0.29) is 5.91 Å². The van der Waals surface area contributed by atoms with Gasteiger partial charge in [0.2, 0.25) is 5.91 Å². The van der Waals surface area contributed by atoms with Crippen LogP contribution in [0.1, 0.15) is 19.4 Å². The van der Waals surface area contributed by atoms with Gasteiger partial charge in [-0.05, 0) is 31.5 Å². The van der Waals surface area contributed by atoms with Crippen molar-refractivity contribution >= 4 is 11.7 Å². The van der Waals surface area contributed by atoms with E-state index in [0.717, 1.165) is 17.0 Å². The molecule has 0 aliphatic rings. The third-order valence-corrected chi connectivity index (χ3v) is 2.15. The Morgan fingerprint density at radius 2 is 2.18 bits per heavy atom. The molecule has 1 heterocycles. The number of pyridine rings is 1. The van der Waals surface area contributed by atoms with Crippen molar-refractivity contribution in [3.8, 4) is 0 Å². The van der Waals surface area contributed by atoms with Gasteiger partial charge in [0.25, 0.3) is 0 Å². The number of nitrogens with zero attached hydrogens (tertiary/aromatic N) is 2. The van der Waals surface area contributed by atoms with E-state index < -0.39 is 0 Å². The van der Waals surface area contributed by atoms with Crippen LogP contribution in [0.5, 0.6) is 0 Å². The van der Waals surface area contributed by atoms with Crippen LogP contribution in [0.25, 0.3) is 0 Å². The van der Waals surface area contributed by atoms with Gasteiger partial charge in [0.05, 0.1) is 0 Å². The summed E-state index contributed by atoms with van der Waals surface area (Å²) in [6.45, 7) is 4.32. The first-order chi connectivity index (χ1) is 7.99. The maximum atomic E-state index is 11.4. The second-order valence-electron chi connectivity index (χ2n) is 4.36. The van der Waals surface area contributed by atoms with E-state index in [2.05, 4.69) is 10.3 Å². The Kier molecular flexibility index (Phi) is 4.69. The summed E-state index contributed by atoms with van der Waals surface area (Å²) < 4.78 is 0. The van der Waals surface area contributed by atoms with Gasteiger partial charge < -0.3 is 10.2 Å². The van der Waals surface area contributed by atoms with Crippen LogP contribution >= 0.6 is 0 Å². The van der Waals surface area contributed by atoms with Crippen molar-refractivity contribution in [3.05, 3.63) is 35.5 Å². The van der Waals surface area contributed by atoms with Gasteiger partial charge in [-0.15, -0.1) is 0 Å². The zero-order chi connectivity index (χ0) is 12.8. The van der Waals surface area contributed by atoms with Crippen molar-refractivity contribution in [2.75, 3.05) is 19.0 Å². The number of rotatable bonds is 4. The normalized spacial score (nSPS) is 9.65. The highest BCUT2D eigenvalue weighted by molar-refractivity contribution is 5.87. The summed E-state index contributed by atoms with van der Waals surface area (Å²) in [5.74, 6) is 0.826. The second kappa shape index (κ2) is 6.03. The molecule has 0 aliphatic carbocycles. The molecule has 1 amide bonds. The van der Waals surface area contributed by atoms with E-state index in [0.29, 0.717) is 6.54 Å². The first-order valence-electron chi connectivity index (χ1n) is 5.54. The van der Waals surface area contributed by atoms with Gasteiger partial charge in [0, 0.05) is 32.9 Å². The fourth-order valence-corrected chi connectivity index (χ4v) is 1.32. The molecule has 4 nitrogen and oxygen atoms in total. The Morgan fingerprint density at radius 3 is 2.76 bits per heavy atom. The van der Waals surface area contributed by atoms with E-state index in [1.165, 1.54) is 0 Å². The molecule has 4 heteroatoms. The van der Waals surface area contributed by atoms with E-state index in [4.69, 9.17) is 0 Å². The molecule has 1 aromatic heterocycles. The maximum Gasteiger partial charge on any atom is 0.244 e.